The number of halogens is 1. The summed E-state index contributed by atoms with van der Waals surface area (Å²) in [4.78, 5) is 5.29. The molecule has 3 heteroatoms. The van der Waals surface area contributed by atoms with E-state index in [1.54, 1.807) is 7.11 Å². The average molecular weight is 326 g/mol. The van der Waals surface area contributed by atoms with Crippen LogP contribution in [0.5, 0.6) is 5.75 Å². The van der Waals surface area contributed by atoms with Crippen LogP contribution in [0, 0.1) is 19.8 Å². The van der Waals surface area contributed by atoms with Crippen molar-refractivity contribution in [2.75, 3.05) is 7.11 Å². The zero-order valence-corrected chi connectivity index (χ0v) is 13.8. The van der Waals surface area contributed by atoms with Crippen LogP contribution in [-0.4, -0.2) is 16.9 Å². The van der Waals surface area contributed by atoms with E-state index in [0.717, 1.165) is 17.7 Å². The van der Waals surface area contributed by atoms with Gasteiger partial charge in [-0.3, -0.25) is 4.98 Å². The van der Waals surface area contributed by atoms with Crippen molar-refractivity contribution >= 4 is 15.9 Å². The first kappa shape index (κ1) is 14.8. The zero-order valence-electron chi connectivity index (χ0n) is 12.2. The lowest BCUT2D eigenvalue weighted by Crippen LogP contribution is -2.17. The highest BCUT2D eigenvalue weighted by molar-refractivity contribution is 9.09. The van der Waals surface area contributed by atoms with Crippen LogP contribution in [-0.2, 0) is 6.42 Å². The summed E-state index contributed by atoms with van der Waals surface area (Å²) in [7, 11) is 1.75. The van der Waals surface area contributed by atoms with Gasteiger partial charge in [0.15, 0.2) is 0 Å². The number of aromatic nitrogens is 1. The van der Waals surface area contributed by atoms with Gasteiger partial charge >= 0.3 is 0 Å². The van der Waals surface area contributed by atoms with Gasteiger partial charge in [0.1, 0.15) is 5.75 Å². The van der Waals surface area contributed by atoms with Gasteiger partial charge in [-0.1, -0.05) is 35.2 Å². The molecule has 0 radical (unpaired) electrons. The van der Waals surface area contributed by atoms with Crippen molar-refractivity contribution in [2.45, 2.75) is 57.2 Å². The minimum absolute atomic E-state index is 0.642. The summed E-state index contributed by atoms with van der Waals surface area (Å²) in [5, 5.41) is 0. The van der Waals surface area contributed by atoms with Crippen molar-refractivity contribution in [3.63, 3.8) is 0 Å². The molecule has 1 fully saturated rings. The molecule has 19 heavy (non-hydrogen) atoms. The number of hydrogen-bond donors (Lipinski definition) is 0. The smallest absolute Gasteiger partial charge is 0.128 e. The number of alkyl halides is 1. The lowest BCUT2D eigenvalue weighted by molar-refractivity contribution is 0.404. The van der Waals surface area contributed by atoms with Gasteiger partial charge < -0.3 is 4.74 Å². The van der Waals surface area contributed by atoms with Gasteiger partial charge in [-0.15, -0.1) is 0 Å². The van der Waals surface area contributed by atoms with E-state index in [4.69, 9.17) is 4.74 Å². The third kappa shape index (κ3) is 3.50. The molecular weight excluding hydrogens is 302 g/mol. The molecule has 1 aromatic heterocycles. The van der Waals surface area contributed by atoms with Gasteiger partial charge in [0.05, 0.1) is 7.11 Å². The maximum atomic E-state index is 5.51. The van der Waals surface area contributed by atoms with Gasteiger partial charge in [0.2, 0.25) is 0 Å². The van der Waals surface area contributed by atoms with Crippen LogP contribution in [0.4, 0.5) is 0 Å². The predicted molar refractivity (Wildman–Crippen MR) is 83.3 cm³/mol. The molecule has 0 N–H and O–H groups in total. The molecule has 0 spiro atoms. The van der Waals surface area contributed by atoms with E-state index in [-0.39, 0.29) is 0 Å². The second kappa shape index (κ2) is 6.74. The van der Waals surface area contributed by atoms with Crippen molar-refractivity contribution in [2.24, 2.45) is 5.92 Å². The standard InChI is InChI=1S/C16H24BrNO/c1-11-10-18-15(12(2)16(11)19-3)9-13-7-5-4-6-8-14(13)17/h10,13-14H,4-9H2,1-3H3. The fourth-order valence-corrected chi connectivity index (χ4v) is 3.87. The number of aryl methyl sites for hydroxylation is 1. The minimum atomic E-state index is 0.642. The van der Waals surface area contributed by atoms with Crippen LogP contribution in [0.25, 0.3) is 0 Å². The van der Waals surface area contributed by atoms with Crippen molar-refractivity contribution < 1.29 is 4.74 Å². The van der Waals surface area contributed by atoms with Crippen LogP contribution in [0.2, 0.25) is 0 Å². The van der Waals surface area contributed by atoms with E-state index in [2.05, 4.69) is 34.8 Å². The monoisotopic (exact) mass is 325 g/mol. The molecule has 0 saturated heterocycles. The highest BCUT2D eigenvalue weighted by Gasteiger charge is 2.23. The second-order valence-corrected chi connectivity index (χ2v) is 6.84. The quantitative estimate of drug-likeness (QED) is 0.598. The largest absolute Gasteiger partial charge is 0.496 e. The lowest BCUT2D eigenvalue weighted by Gasteiger charge is -2.21. The van der Waals surface area contributed by atoms with Crippen LogP contribution in [0.15, 0.2) is 6.20 Å². The lowest BCUT2D eigenvalue weighted by atomic mass is 9.92. The Morgan fingerprint density at radius 1 is 1.26 bits per heavy atom. The number of hydrogen-bond acceptors (Lipinski definition) is 2. The number of ether oxygens (including phenoxy) is 1. The molecule has 0 aliphatic heterocycles. The summed E-state index contributed by atoms with van der Waals surface area (Å²) in [6, 6.07) is 0. The van der Waals surface area contributed by atoms with Gasteiger partial charge in [-0.05, 0) is 39.0 Å². The van der Waals surface area contributed by atoms with Gasteiger partial charge in [-0.25, -0.2) is 0 Å². The molecule has 106 valence electrons. The van der Waals surface area contributed by atoms with Crippen molar-refractivity contribution in [1.82, 2.24) is 4.98 Å². The van der Waals surface area contributed by atoms with E-state index < -0.39 is 0 Å². The Kier molecular flexibility index (Phi) is 5.26. The Bertz CT molecular complexity index is 433. The fourth-order valence-electron chi connectivity index (χ4n) is 3.09. The molecule has 1 heterocycles. The van der Waals surface area contributed by atoms with Crippen LogP contribution in [0.1, 0.15) is 48.9 Å². The summed E-state index contributed by atoms with van der Waals surface area (Å²) in [6.07, 6.45) is 9.71. The molecule has 0 bridgehead atoms. The Hall–Kier alpha value is -0.570. The number of pyridine rings is 1. The summed E-state index contributed by atoms with van der Waals surface area (Å²) >= 11 is 3.88. The predicted octanol–water partition coefficient (Wildman–Crippen LogP) is 4.59. The molecule has 1 aliphatic rings. The molecule has 1 aliphatic carbocycles. The Morgan fingerprint density at radius 2 is 2.00 bits per heavy atom. The van der Waals surface area contributed by atoms with Gasteiger partial charge in [0, 0.05) is 27.8 Å². The Labute approximate surface area is 125 Å². The first-order valence-electron chi connectivity index (χ1n) is 7.26. The minimum Gasteiger partial charge on any atom is -0.496 e. The maximum absolute atomic E-state index is 5.51. The maximum Gasteiger partial charge on any atom is 0.128 e. The third-order valence-corrected chi connectivity index (χ3v) is 5.48. The molecule has 1 aromatic rings. The molecule has 0 aromatic carbocycles. The summed E-state index contributed by atoms with van der Waals surface area (Å²) in [5.74, 6) is 1.71. The van der Waals surface area contributed by atoms with E-state index in [1.807, 2.05) is 6.20 Å². The van der Waals surface area contributed by atoms with Crippen molar-refractivity contribution in [1.29, 1.82) is 0 Å². The van der Waals surface area contributed by atoms with Gasteiger partial charge in [-0.2, -0.15) is 0 Å². The molecule has 2 rings (SSSR count). The topological polar surface area (TPSA) is 22.1 Å². The molecule has 2 atom stereocenters. The first-order valence-corrected chi connectivity index (χ1v) is 8.18. The van der Waals surface area contributed by atoms with E-state index in [9.17, 15) is 0 Å². The highest BCUT2D eigenvalue weighted by atomic mass is 79.9. The fraction of sp³-hybridized carbons (Fsp3) is 0.688. The van der Waals surface area contributed by atoms with E-state index >= 15 is 0 Å². The van der Waals surface area contributed by atoms with Gasteiger partial charge in [0.25, 0.3) is 0 Å². The zero-order chi connectivity index (χ0) is 13.8. The molecule has 1 saturated carbocycles. The average Bonchev–Trinajstić information content (AvgIpc) is 2.59. The number of methoxy groups -OCH3 is 1. The third-order valence-electron chi connectivity index (χ3n) is 4.27. The summed E-state index contributed by atoms with van der Waals surface area (Å²) < 4.78 is 5.51. The molecule has 0 amide bonds. The normalized spacial score (nSPS) is 24.0. The Balaban J connectivity index is 2.18. The Morgan fingerprint density at radius 3 is 2.74 bits per heavy atom. The summed E-state index contributed by atoms with van der Waals surface area (Å²) in [6.45, 7) is 4.19. The van der Waals surface area contributed by atoms with E-state index in [0.29, 0.717) is 10.7 Å². The van der Waals surface area contributed by atoms with Crippen LogP contribution < -0.4 is 4.74 Å². The number of rotatable bonds is 3. The van der Waals surface area contributed by atoms with Crippen molar-refractivity contribution in [3.8, 4) is 5.75 Å². The second-order valence-electron chi connectivity index (χ2n) is 5.66. The molecule has 2 unspecified atom stereocenters. The highest BCUT2D eigenvalue weighted by Crippen LogP contribution is 2.33. The van der Waals surface area contributed by atoms with Crippen molar-refractivity contribution in [3.05, 3.63) is 23.0 Å². The van der Waals surface area contributed by atoms with E-state index in [1.165, 1.54) is 43.4 Å². The first-order chi connectivity index (χ1) is 9.13. The SMILES string of the molecule is COc1c(C)cnc(CC2CCCCCC2Br)c1C. The molecular formula is C16H24BrNO. The molecule has 2 nitrogen and oxygen atoms in total. The van der Waals surface area contributed by atoms with Crippen LogP contribution >= 0.6 is 15.9 Å². The summed E-state index contributed by atoms with van der Waals surface area (Å²) in [5.41, 5.74) is 3.55. The van der Waals surface area contributed by atoms with Crippen LogP contribution in [0.3, 0.4) is 0 Å². The number of nitrogens with zero attached hydrogens (tertiary/aromatic N) is 1.